The third-order valence-electron chi connectivity index (χ3n) is 3.55. The summed E-state index contributed by atoms with van der Waals surface area (Å²) >= 11 is 0. The molecule has 0 unspecified atom stereocenters. The standard InChI is InChI=1S/C15H17N3O4/c1-3-21-15(19)14-12-9-22-13(8-18(12)17-16-14)10-4-6-11(20-2)7-5-10/h4-7,13H,3,8-9H2,1-2H3/t13-/m0/s1. The molecule has 0 amide bonds. The first-order valence-corrected chi connectivity index (χ1v) is 7.08. The first kappa shape index (κ1) is 14.5. The molecular weight excluding hydrogens is 286 g/mol. The lowest BCUT2D eigenvalue weighted by Gasteiger charge is -2.24. The van der Waals surface area contributed by atoms with Gasteiger partial charge in [-0.3, -0.25) is 0 Å². The molecule has 22 heavy (non-hydrogen) atoms. The van der Waals surface area contributed by atoms with Crippen molar-refractivity contribution in [3.63, 3.8) is 0 Å². The van der Waals surface area contributed by atoms with Crippen molar-refractivity contribution in [2.75, 3.05) is 13.7 Å². The van der Waals surface area contributed by atoms with E-state index in [1.165, 1.54) is 0 Å². The van der Waals surface area contributed by atoms with Gasteiger partial charge in [0.15, 0.2) is 5.69 Å². The predicted molar refractivity (Wildman–Crippen MR) is 76.5 cm³/mol. The van der Waals surface area contributed by atoms with Gasteiger partial charge in [-0.05, 0) is 24.6 Å². The van der Waals surface area contributed by atoms with Crippen molar-refractivity contribution in [3.8, 4) is 5.75 Å². The number of ether oxygens (including phenoxy) is 3. The van der Waals surface area contributed by atoms with Crippen molar-refractivity contribution in [1.29, 1.82) is 0 Å². The molecule has 1 aliphatic heterocycles. The number of nitrogens with zero attached hydrogens (tertiary/aromatic N) is 3. The average molecular weight is 303 g/mol. The predicted octanol–water partition coefficient (Wildman–Crippen LogP) is 1.73. The SMILES string of the molecule is CCOC(=O)c1nnn2c1CO[C@H](c1ccc(OC)cc1)C2. The highest BCUT2D eigenvalue weighted by Gasteiger charge is 2.28. The maximum absolute atomic E-state index is 11.8. The summed E-state index contributed by atoms with van der Waals surface area (Å²) in [7, 11) is 1.63. The lowest BCUT2D eigenvalue weighted by Crippen LogP contribution is -2.23. The van der Waals surface area contributed by atoms with Crippen LogP contribution < -0.4 is 4.74 Å². The second kappa shape index (κ2) is 6.15. The van der Waals surface area contributed by atoms with E-state index in [0.29, 0.717) is 18.8 Å². The monoisotopic (exact) mass is 303 g/mol. The zero-order valence-corrected chi connectivity index (χ0v) is 12.5. The Labute approximate surface area is 127 Å². The number of esters is 1. The molecule has 1 aromatic heterocycles. The van der Waals surface area contributed by atoms with Crippen LogP contribution in [0.4, 0.5) is 0 Å². The fourth-order valence-electron chi connectivity index (χ4n) is 2.39. The Hall–Kier alpha value is -2.41. The molecule has 1 atom stereocenters. The highest BCUT2D eigenvalue weighted by molar-refractivity contribution is 5.88. The van der Waals surface area contributed by atoms with Crippen LogP contribution in [0.5, 0.6) is 5.75 Å². The number of hydrogen-bond acceptors (Lipinski definition) is 6. The van der Waals surface area contributed by atoms with Crippen molar-refractivity contribution >= 4 is 5.97 Å². The third kappa shape index (κ3) is 2.67. The Morgan fingerprint density at radius 1 is 1.41 bits per heavy atom. The topological polar surface area (TPSA) is 75.5 Å². The van der Waals surface area contributed by atoms with Gasteiger partial charge in [0.25, 0.3) is 0 Å². The number of carbonyl (C=O) groups is 1. The van der Waals surface area contributed by atoms with E-state index in [9.17, 15) is 4.79 Å². The van der Waals surface area contributed by atoms with Crippen LogP contribution in [0, 0.1) is 0 Å². The van der Waals surface area contributed by atoms with E-state index in [1.54, 1.807) is 18.7 Å². The molecule has 7 nitrogen and oxygen atoms in total. The van der Waals surface area contributed by atoms with Crippen LogP contribution in [-0.4, -0.2) is 34.7 Å². The highest BCUT2D eigenvalue weighted by Crippen LogP contribution is 2.28. The molecule has 2 aromatic rings. The number of carbonyl (C=O) groups excluding carboxylic acids is 1. The summed E-state index contributed by atoms with van der Waals surface area (Å²) in [4.78, 5) is 11.8. The minimum absolute atomic E-state index is 0.129. The largest absolute Gasteiger partial charge is 0.497 e. The number of methoxy groups -OCH3 is 1. The van der Waals surface area contributed by atoms with Crippen LogP contribution in [0.2, 0.25) is 0 Å². The molecule has 0 radical (unpaired) electrons. The van der Waals surface area contributed by atoms with E-state index < -0.39 is 5.97 Å². The van der Waals surface area contributed by atoms with Crippen molar-refractivity contribution < 1.29 is 19.0 Å². The van der Waals surface area contributed by atoms with E-state index in [-0.39, 0.29) is 18.4 Å². The molecule has 0 fully saturated rings. The van der Waals surface area contributed by atoms with Gasteiger partial charge in [-0.25, -0.2) is 9.48 Å². The van der Waals surface area contributed by atoms with Gasteiger partial charge < -0.3 is 14.2 Å². The molecule has 0 spiro atoms. The first-order valence-electron chi connectivity index (χ1n) is 7.08. The minimum atomic E-state index is -0.463. The lowest BCUT2D eigenvalue weighted by molar-refractivity contribution is -0.00235. The second-order valence-corrected chi connectivity index (χ2v) is 4.86. The van der Waals surface area contributed by atoms with Gasteiger partial charge in [-0.1, -0.05) is 17.3 Å². The highest BCUT2D eigenvalue weighted by atomic mass is 16.5. The van der Waals surface area contributed by atoms with Gasteiger partial charge in [-0.15, -0.1) is 5.10 Å². The summed E-state index contributed by atoms with van der Waals surface area (Å²) in [6.07, 6.45) is -0.129. The molecule has 7 heteroatoms. The molecule has 0 aliphatic carbocycles. The maximum Gasteiger partial charge on any atom is 0.360 e. The molecule has 1 aromatic carbocycles. The Morgan fingerprint density at radius 2 is 2.18 bits per heavy atom. The molecule has 0 saturated heterocycles. The fraction of sp³-hybridized carbons (Fsp3) is 0.400. The van der Waals surface area contributed by atoms with Crippen LogP contribution in [0.15, 0.2) is 24.3 Å². The number of benzene rings is 1. The lowest BCUT2D eigenvalue weighted by atomic mass is 10.1. The van der Waals surface area contributed by atoms with E-state index in [0.717, 1.165) is 11.3 Å². The third-order valence-corrected chi connectivity index (χ3v) is 3.55. The van der Waals surface area contributed by atoms with Crippen molar-refractivity contribution in [2.45, 2.75) is 26.2 Å². The first-order chi connectivity index (χ1) is 10.7. The van der Waals surface area contributed by atoms with Gasteiger partial charge in [0.1, 0.15) is 11.9 Å². The van der Waals surface area contributed by atoms with Gasteiger partial charge in [0.05, 0.1) is 32.6 Å². The number of fused-ring (bicyclic) bond motifs is 1. The molecule has 0 bridgehead atoms. The van der Waals surface area contributed by atoms with Crippen molar-refractivity contribution in [3.05, 3.63) is 41.2 Å². The number of rotatable bonds is 4. The van der Waals surface area contributed by atoms with Crippen LogP contribution in [0.25, 0.3) is 0 Å². The Morgan fingerprint density at radius 3 is 2.86 bits per heavy atom. The Bertz CT molecular complexity index is 666. The summed E-state index contributed by atoms with van der Waals surface area (Å²) in [5.41, 5.74) is 1.91. The zero-order valence-electron chi connectivity index (χ0n) is 12.5. The van der Waals surface area contributed by atoms with E-state index in [2.05, 4.69) is 10.3 Å². The van der Waals surface area contributed by atoms with Crippen LogP contribution in [0.1, 0.15) is 34.8 Å². The molecule has 0 N–H and O–H groups in total. The molecule has 0 saturated carbocycles. The molecule has 116 valence electrons. The molecule has 1 aliphatic rings. The average Bonchev–Trinajstić information content (AvgIpc) is 2.98. The molecule has 3 rings (SSSR count). The van der Waals surface area contributed by atoms with Crippen LogP contribution in [0.3, 0.4) is 0 Å². The van der Waals surface area contributed by atoms with Crippen molar-refractivity contribution in [1.82, 2.24) is 15.0 Å². The summed E-state index contributed by atoms with van der Waals surface area (Å²) in [6.45, 7) is 2.84. The van der Waals surface area contributed by atoms with Gasteiger partial charge in [0, 0.05) is 0 Å². The number of hydrogen-bond donors (Lipinski definition) is 0. The summed E-state index contributed by atoms with van der Waals surface area (Å²) in [5.74, 6) is 0.334. The smallest absolute Gasteiger partial charge is 0.360 e. The fourth-order valence-corrected chi connectivity index (χ4v) is 2.39. The quantitative estimate of drug-likeness (QED) is 0.801. The Balaban J connectivity index is 1.78. The minimum Gasteiger partial charge on any atom is -0.497 e. The summed E-state index contributed by atoms with van der Waals surface area (Å²) in [5, 5.41) is 7.94. The second-order valence-electron chi connectivity index (χ2n) is 4.86. The maximum atomic E-state index is 11.8. The summed E-state index contributed by atoms with van der Waals surface area (Å²) < 4.78 is 17.7. The van der Waals surface area contributed by atoms with Crippen molar-refractivity contribution in [2.24, 2.45) is 0 Å². The Kier molecular flexibility index (Phi) is 4.06. The van der Waals surface area contributed by atoms with E-state index >= 15 is 0 Å². The van der Waals surface area contributed by atoms with E-state index in [4.69, 9.17) is 14.2 Å². The number of aromatic nitrogens is 3. The van der Waals surface area contributed by atoms with Gasteiger partial charge in [-0.2, -0.15) is 0 Å². The van der Waals surface area contributed by atoms with E-state index in [1.807, 2.05) is 24.3 Å². The normalized spacial score (nSPS) is 16.9. The molecule has 2 heterocycles. The summed E-state index contributed by atoms with van der Waals surface area (Å²) in [6, 6.07) is 7.69. The van der Waals surface area contributed by atoms with Gasteiger partial charge in [0.2, 0.25) is 0 Å². The zero-order chi connectivity index (χ0) is 15.5. The molecular formula is C15H17N3O4. The van der Waals surface area contributed by atoms with Crippen LogP contribution >= 0.6 is 0 Å². The van der Waals surface area contributed by atoms with Gasteiger partial charge >= 0.3 is 5.97 Å². The van der Waals surface area contributed by atoms with Crippen LogP contribution in [-0.2, 0) is 22.6 Å².